The van der Waals surface area contributed by atoms with Crippen LogP contribution in [0.25, 0.3) is 0 Å². The third kappa shape index (κ3) is 3.12. The van der Waals surface area contributed by atoms with Gasteiger partial charge in [0, 0.05) is 29.6 Å². The molecule has 1 aliphatic rings. The summed E-state index contributed by atoms with van der Waals surface area (Å²) < 4.78 is 0. The second-order valence-electron chi connectivity index (χ2n) is 5.25. The van der Waals surface area contributed by atoms with Gasteiger partial charge in [0.25, 0.3) is 0 Å². The van der Waals surface area contributed by atoms with Crippen molar-refractivity contribution < 1.29 is 9.59 Å². The Bertz CT molecular complexity index is 686. The summed E-state index contributed by atoms with van der Waals surface area (Å²) >= 11 is 5.81. The summed E-state index contributed by atoms with van der Waals surface area (Å²) in [6, 6.07) is 16.2. The standard InChI is InChI=1S/C17H15ClN2O2/c18-14-6-8-15(9-7-14)19-17(22)20-11-13(10-16(20)21)12-4-2-1-3-5-12/h1-9,13H,10-11H2,(H,19,22). The van der Waals surface area contributed by atoms with Crippen molar-refractivity contribution in [3.05, 3.63) is 65.2 Å². The van der Waals surface area contributed by atoms with Gasteiger partial charge in [-0.05, 0) is 29.8 Å². The summed E-state index contributed by atoms with van der Waals surface area (Å²) in [5, 5.41) is 3.32. The van der Waals surface area contributed by atoms with Gasteiger partial charge in [0.05, 0.1) is 0 Å². The minimum Gasteiger partial charge on any atom is -0.307 e. The Morgan fingerprint density at radius 3 is 2.45 bits per heavy atom. The second-order valence-corrected chi connectivity index (χ2v) is 5.69. The highest BCUT2D eigenvalue weighted by Gasteiger charge is 2.34. The van der Waals surface area contributed by atoms with E-state index in [2.05, 4.69) is 5.32 Å². The lowest BCUT2D eigenvalue weighted by atomic mass is 9.99. The molecule has 0 aromatic heterocycles. The van der Waals surface area contributed by atoms with Crippen LogP contribution in [-0.4, -0.2) is 23.4 Å². The van der Waals surface area contributed by atoms with E-state index in [1.54, 1.807) is 24.3 Å². The van der Waals surface area contributed by atoms with E-state index in [0.717, 1.165) is 5.56 Å². The summed E-state index contributed by atoms with van der Waals surface area (Å²) in [7, 11) is 0. The molecule has 22 heavy (non-hydrogen) atoms. The Morgan fingerprint density at radius 2 is 1.77 bits per heavy atom. The van der Waals surface area contributed by atoms with Crippen LogP contribution >= 0.6 is 11.6 Å². The van der Waals surface area contributed by atoms with Crippen molar-refractivity contribution in [2.45, 2.75) is 12.3 Å². The fourth-order valence-corrected chi connectivity index (χ4v) is 2.70. The zero-order valence-corrected chi connectivity index (χ0v) is 12.6. The number of imide groups is 1. The number of nitrogens with one attached hydrogen (secondary N) is 1. The molecule has 5 heteroatoms. The number of benzene rings is 2. The maximum Gasteiger partial charge on any atom is 0.328 e. The first-order valence-corrected chi connectivity index (χ1v) is 7.43. The molecule has 2 aromatic carbocycles. The fraction of sp³-hybridized carbons (Fsp3) is 0.176. The topological polar surface area (TPSA) is 49.4 Å². The molecule has 1 heterocycles. The van der Waals surface area contributed by atoms with E-state index < -0.39 is 6.03 Å². The van der Waals surface area contributed by atoms with E-state index in [4.69, 9.17) is 11.6 Å². The highest BCUT2D eigenvalue weighted by atomic mass is 35.5. The van der Waals surface area contributed by atoms with Crippen molar-refractivity contribution in [2.24, 2.45) is 0 Å². The highest BCUT2D eigenvalue weighted by molar-refractivity contribution is 6.30. The Morgan fingerprint density at radius 1 is 1.09 bits per heavy atom. The van der Waals surface area contributed by atoms with Crippen LogP contribution in [0, 0.1) is 0 Å². The van der Waals surface area contributed by atoms with Gasteiger partial charge in [-0.15, -0.1) is 0 Å². The number of urea groups is 1. The quantitative estimate of drug-likeness (QED) is 0.914. The minimum atomic E-state index is -0.397. The zero-order valence-electron chi connectivity index (χ0n) is 11.8. The third-order valence-electron chi connectivity index (χ3n) is 3.74. The summed E-state index contributed by atoms with van der Waals surface area (Å²) in [5.41, 5.74) is 1.70. The maximum atomic E-state index is 12.2. The molecule has 3 amide bonds. The number of hydrogen-bond acceptors (Lipinski definition) is 2. The average Bonchev–Trinajstić information content (AvgIpc) is 2.92. The molecule has 1 saturated heterocycles. The Kier molecular flexibility index (Phi) is 4.11. The first-order chi connectivity index (χ1) is 10.6. The van der Waals surface area contributed by atoms with E-state index in [1.165, 1.54) is 4.90 Å². The lowest BCUT2D eigenvalue weighted by Gasteiger charge is -2.16. The van der Waals surface area contributed by atoms with Gasteiger partial charge < -0.3 is 5.32 Å². The first kappa shape index (κ1) is 14.6. The van der Waals surface area contributed by atoms with Crippen LogP contribution in [0.2, 0.25) is 5.02 Å². The molecule has 1 unspecified atom stereocenters. The highest BCUT2D eigenvalue weighted by Crippen LogP contribution is 2.28. The summed E-state index contributed by atoms with van der Waals surface area (Å²) in [4.78, 5) is 25.6. The van der Waals surface area contributed by atoms with E-state index in [-0.39, 0.29) is 11.8 Å². The molecule has 0 aliphatic carbocycles. The molecule has 3 rings (SSSR count). The predicted molar refractivity (Wildman–Crippen MR) is 86.0 cm³/mol. The fourth-order valence-electron chi connectivity index (χ4n) is 2.58. The molecule has 2 aromatic rings. The monoisotopic (exact) mass is 314 g/mol. The van der Waals surface area contributed by atoms with E-state index in [0.29, 0.717) is 23.7 Å². The lowest BCUT2D eigenvalue weighted by Crippen LogP contribution is -2.36. The predicted octanol–water partition coefficient (Wildman–Crippen LogP) is 3.89. The summed E-state index contributed by atoms with van der Waals surface area (Å²) in [5.74, 6) is -0.0926. The Hall–Kier alpha value is -2.33. The third-order valence-corrected chi connectivity index (χ3v) is 3.99. The van der Waals surface area contributed by atoms with Crippen LogP contribution in [0.5, 0.6) is 0 Å². The molecule has 0 bridgehead atoms. The van der Waals surface area contributed by atoms with Gasteiger partial charge in [-0.25, -0.2) is 4.79 Å². The van der Waals surface area contributed by atoms with E-state index in [1.807, 2.05) is 30.3 Å². The summed E-state index contributed by atoms with van der Waals surface area (Å²) in [6.07, 6.45) is 0.359. The lowest BCUT2D eigenvalue weighted by molar-refractivity contribution is -0.125. The number of anilines is 1. The van der Waals surface area contributed by atoms with Crippen molar-refractivity contribution >= 4 is 29.2 Å². The van der Waals surface area contributed by atoms with Gasteiger partial charge >= 0.3 is 6.03 Å². The van der Waals surface area contributed by atoms with Crippen molar-refractivity contribution in [3.8, 4) is 0 Å². The molecule has 0 radical (unpaired) electrons. The van der Waals surface area contributed by atoms with Crippen molar-refractivity contribution in [3.63, 3.8) is 0 Å². The number of likely N-dealkylation sites (tertiary alicyclic amines) is 1. The largest absolute Gasteiger partial charge is 0.328 e. The smallest absolute Gasteiger partial charge is 0.307 e. The number of hydrogen-bond donors (Lipinski definition) is 1. The SMILES string of the molecule is O=C1CC(c2ccccc2)CN1C(=O)Nc1ccc(Cl)cc1. The Balaban J connectivity index is 1.68. The van der Waals surface area contributed by atoms with Crippen LogP contribution in [0.4, 0.5) is 10.5 Å². The van der Waals surface area contributed by atoms with Gasteiger partial charge in [0.15, 0.2) is 0 Å². The molecular formula is C17H15ClN2O2. The molecule has 1 fully saturated rings. The molecule has 1 aliphatic heterocycles. The van der Waals surface area contributed by atoms with Crippen LogP contribution in [0.3, 0.4) is 0 Å². The summed E-state index contributed by atoms with van der Waals surface area (Å²) in [6.45, 7) is 0.405. The molecule has 1 N–H and O–H groups in total. The number of carbonyl (C=O) groups is 2. The van der Waals surface area contributed by atoms with Crippen LogP contribution in [0.1, 0.15) is 17.9 Å². The van der Waals surface area contributed by atoms with Gasteiger partial charge in [-0.2, -0.15) is 0 Å². The molecular weight excluding hydrogens is 300 g/mol. The molecule has 112 valence electrons. The number of amides is 3. The molecule has 0 saturated carbocycles. The van der Waals surface area contributed by atoms with Crippen molar-refractivity contribution in [1.29, 1.82) is 0 Å². The van der Waals surface area contributed by atoms with Crippen molar-refractivity contribution in [2.75, 3.05) is 11.9 Å². The number of rotatable bonds is 2. The van der Waals surface area contributed by atoms with E-state index >= 15 is 0 Å². The number of halogens is 1. The van der Waals surface area contributed by atoms with Gasteiger partial charge in [-0.3, -0.25) is 9.69 Å². The molecule has 4 nitrogen and oxygen atoms in total. The molecule has 0 spiro atoms. The molecule has 1 atom stereocenters. The van der Waals surface area contributed by atoms with Crippen LogP contribution < -0.4 is 5.32 Å². The van der Waals surface area contributed by atoms with Gasteiger partial charge in [-0.1, -0.05) is 41.9 Å². The number of nitrogens with zero attached hydrogens (tertiary/aromatic N) is 1. The van der Waals surface area contributed by atoms with E-state index in [9.17, 15) is 9.59 Å². The second kappa shape index (κ2) is 6.20. The van der Waals surface area contributed by atoms with Crippen LogP contribution in [0.15, 0.2) is 54.6 Å². The normalized spacial score (nSPS) is 17.6. The van der Waals surface area contributed by atoms with Crippen LogP contribution in [-0.2, 0) is 4.79 Å². The van der Waals surface area contributed by atoms with Gasteiger partial charge in [0.2, 0.25) is 5.91 Å². The first-order valence-electron chi connectivity index (χ1n) is 7.05. The minimum absolute atomic E-state index is 0.0599. The Labute approximate surface area is 133 Å². The number of carbonyl (C=O) groups excluding carboxylic acids is 2. The van der Waals surface area contributed by atoms with Gasteiger partial charge in [0.1, 0.15) is 0 Å². The zero-order chi connectivity index (χ0) is 15.5. The van der Waals surface area contributed by atoms with Crippen molar-refractivity contribution in [1.82, 2.24) is 4.90 Å². The average molecular weight is 315 g/mol. The maximum absolute atomic E-state index is 12.2.